The summed E-state index contributed by atoms with van der Waals surface area (Å²) in [5.41, 5.74) is 0. The summed E-state index contributed by atoms with van der Waals surface area (Å²) in [6.07, 6.45) is 3.24. The van der Waals surface area contributed by atoms with Crippen molar-refractivity contribution in [1.82, 2.24) is 24.7 Å². The Balaban J connectivity index is 2.08. The first-order valence-electron chi connectivity index (χ1n) is 5.90. The molecule has 108 valence electrons. The highest BCUT2D eigenvalue weighted by Gasteiger charge is 2.10. The average molecular weight is 299 g/mol. The summed E-state index contributed by atoms with van der Waals surface area (Å²) in [6, 6.07) is 1.77. The van der Waals surface area contributed by atoms with Crippen molar-refractivity contribution in [3.8, 4) is 5.95 Å². The zero-order valence-corrected chi connectivity index (χ0v) is 11.9. The molecule has 0 spiro atoms. The third-order valence-corrected chi connectivity index (χ3v) is 2.65. The van der Waals surface area contributed by atoms with Gasteiger partial charge in [-0.15, -0.1) is 0 Å². The molecule has 0 saturated heterocycles. The maximum atomic E-state index is 5.88. The third-order valence-electron chi connectivity index (χ3n) is 2.48. The fourth-order valence-corrected chi connectivity index (χ4v) is 1.67. The number of nitrogens with one attached hydrogen (secondary N) is 1. The summed E-state index contributed by atoms with van der Waals surface area (Å²) in [5, 5.41) is 7.16. The van der Waals surface area contributed by atoms with E-state index in [0.717, 1.165) is 0 Å². The molecule has 0 aliphatic rings. The normalized spacial score (nSPS) is 12.3. The summed E-state index contributed by atoms with van der Waals surface area (Å²) < 4.78 is 11.8. The molecule has 2 aromatic heterocycles. The summed E-state index contributed by atoms with van der Waals surface area (Å²) in [7, 11) is 3.22. The predicted octanol–water partition coefficient (Wildman–Crippen LogP) is 0.784. The predicted molar refractivity (Wildman–Crippen MR) is 73.1 cm³/mol. The number of hydrogen-bond donors (Lipinski definition) is 1. The van der Waals surface area contributed by atoms with Crippen LogP contribution >= 0.6 is 11.6 Å². The van der Waals surface area contributed by atoms with Gasteiger partial charge in [-0.05, 0) is 17.7 Å². The second-order valence-electron chi connectivity index (χ2n) is 3.87. The summed E-state index contributed by atoms with van der Waals surface area (Å²) >= 11 is 5.88. The number of nitrogens with zero attached hydrogens (tertiary/aromatic N) is 5. The Morgan fingerprint density at radius 3 is 2.85 bits per heavy atom. The molecule has 0 saturated carbocycles. The average Bonchev–Trinajstić information content (AvgIpc) is 2.97. The SMILES string of the molecule is COCC(CNc1nc(Cl)nc(-n2cccn2)n1)OC. The van der Waals surface area contributed by atoms with Gasteiger partial charge < -0.3 is 14.8 Å². The molecule has 0 fully saturated rings. The van der Waals surface area contributed by atoms with Crippen molar-refractivity contribution in [3.05, 3.63) is 23.7 Å². The van der Waals surface area contributed by atoms with Crippen molar-refractivity contribution >= 4 is 17.5 Å². The van der Waals surface area contributed by atoms with Gasteiger partial charge in [0, 0.05) is 33.2 Å². The molecule has 20 heavy (non-hydrogen) atoms. The van der Waals surface area contributed by atoms with E-state index in [-0.39, 0.29) is 11.4 Å². The fraction of sp³-hybridized carbons (Fsp3) is 0.455. The van der Waals surface area contributed by atoms with E-state index < -0.39 is 0 Å². The Morgan fingerprint density at radius 2 is 2.20 bits per heavy atom. The van der Waals surface area contributed by atoms with Crippen molar-refractivity contribution in [3.63, 3.8) is 0 Å². The molecule has 0 radical (unpaired) electrons. The number of anilines is 1. The summed E-state index contributed by atoms with van der Waals surface area (Å²) in [5.74, 6) is 0.701. The summed E-state index contributed by atoms with van der Waals surface area (Å²) in [6.45, 7) is 0.956. The molecule has 0 bridgehead atoms. The highest BCUT2D eigenvalue weighted by Crippen LogP contribution is 2.09. The lowest BCUT2D eigenvalue weighted by Crippen LogP contribution is -2.27. The molecule has 0 aliphatic carbocycles. The van der Waals surface area contributed by atoms with Crippen molar-refractivity contribution in [2.75, 3.05) is 32.7 Å². The number of ether oxygens (including phenoxy) is 2. The van der Waals surface area contributed by atoms with Crippen LogP contribution in [0.15, 0.2) is 18.5 Å². The first kappa shape index (κ1) is 14.6. The molecule has 1 N–H and O–H groups in total. The molecule has 0 aromatic carbocycles. The van der Waals surface area contributed by atoms with E-state index in [4.69, 9.17) is 21.1 Å². The van der Waals surface area contributed by atoms with Crippen molar-refractivity contribution in [2.45, 2.75) is 6.10 Å². The quantitative estimate of drug-likeness (QED) is 0.808. The van der Waals surface area contributed by atoms with Gasteiger partial charge in [-0.3, -0.25) is 0 Å². The maximum Gasteiger partial charge on any atom is 0.256 e. The second-order valence-corrected chi connectivity index (χ2v) is 4.21. The molecule has 9 heteroatoms. The first-order valence-corrected chi connectivity index (χ1v) is 6.28. The third kappa shape index (κ3) is 3.86. The Hall–Kier alpha value is -1.77. The van der Waals surface area contributed by atoms with Gasteiger partial charge in [0.2, 0.25) is 11.2 Å². The summed E-state index contributed by atoms with van der Waals surface area (Å²) in [4.78, 5) is 12.2. The van der Waals surface area contributed by atoms with Crippen LogP contribution in [0.1, 0.15) is 0 Å². The number of methoxy groups -OCH3 is 2. The molecule has 1 unspecified atom stereocenters. The topological polar surface area (TPSA) is 87.0 Å². The van der Waals surface area contributed by atoms with Crippen molar-refractivity contribution in [2.24, 2.45) is 0 Å². The van der Waals surface area contributed by atoms with Crippen LogP contribution in [-0.2, 0) is 9.47 Å². The maximum absolute atomic E-state index is 5.88. The number of hydrogen-bond acceptors (Lipinski definition) is 7. The van der Waals surface area contributed by atoms with E-state index in [0.29, 0.717) is 25.0 Å². The van der Waals surface area contributed by atoms with Gasteiger partial charge in [0.1, 0.15) is 0 Å². The van der Waals surface area contributed by atoms with Crippen LogP contribution in [0, 0.1) is 0 Å². The minimum Gasteiger partial charge on any atom is -0.382 e. The van der Waals surface area contributed by atoms with Gasteiger partial charge in [-0.1, -0.05) is 0 Å². The van der Waals surface area contributed by atoms with Crippen LogP contribution in [0.25, 0.3) is 5.95 Å². The van der Waals surface area contributed by atoms with Crippen LogP contribution < -0.4 is 5.32 Å². The molecule has 1 atom stereocenters. The molecule has 8 nitrogen and oxygen atoms in total. The first-order chi connectivity index (χ1) is 9.72. The molecule has 2 aromatic rings. The van der Waals surface area contributed by atoms with Crippen LogP contribution in [0.3, 0.4) is 0 Å². The Labute approximate surface area is 121 Å². The van der Waals surface area contributed by atoms with E-state index >= 15 is 0 Å². The van der Waals surface area contributed by atoms with Gasteiger partial charge in [0.05, 0.1) is 12.7 Å². The Kier molecular flexibility index (Phi) is 5.22. The van der Waals surface area contributed by atoms with Crippen LogP contribution in [0.2, 0.25) is 5.28 Å². The van der Waals surface area contributed by atoms with E-state index in [1.807, 2.05) is 0 Å². The van der Waals surface area contributed by atoms with Crippen LogP contribution in [0.4, 0.5) is 5.95 Å². The van der Waals surface area contributed by atoms with E-state index in [1.165, 1.54) is 4.68 Å². The standard InChI is InChI=1S/C11H15ClN6O2/c1-19-7-8(20-2)6-13-10-15-9(12)16-11(17-10)18-5-3-4-14-18/h3-5,8H,6-7H2,1-2H3,(H,13,15,16,17). The number of rotatable bonds is 7. The lowest BCUT2D eigenvalue weighted by Gasteiger charge is -2.15. The monoisotopic (exact) mass is 298 g/mol. The largest absolute Gasteiger partial charge is 0.382 e. The molecular formula is C11H15ClN6O2. The lowest BCUT2D eigenvalue weighted by atomic mass is 10.4. The van der Waals surface area contributed by atoms with Crippen LogP contribution in [-0.4, -0.2) is 58.2 Å². The Morgan fingerprint density at radius 1 is 1.35 bits per heavy atom. The minimum absolute atomic E-state index is 0.0914. The molecule has 2 rings (SSSR count). The smallest absolute Gasteiger partial charge is 0.256 e. The second kappa shape index (κ2) is 7.13. The highest BCUT2D eigenvalue weighted by molar-refractivity contribution is 6.28. The van der Waals surface area contributed by atoms with Gasteiger partial charge in [-0.2, -0.15) is 20.1 Å². The zero-order valence-electron chi connectivity index (χ0n) is 11.2. The van der Waals surface area contributed by atoms with Crippen LogP contribution in [0.5, 0.6) is 0 Å². The molecule has 2 heterocycles. The van der Waals surface area contributed by atoms with Crippen molar-refractivity contribution in [1.29, 1.82) is 0 Å². The molecular weight excluding hydrogens is 284 g/mol. The van der Waals surface area contributed by atoms with E-state index in [9.17, 15) is 0 Å². The van der Waals surface area contributed by atoms with E-state index in [2.05, 4.69) is 25.4 Å². The highest BCUT2D eigenvalue weighted by atomic mass is 35.5. The van der Waals surface area contributed by atoms with Crippen molar-refractivity contribution < 1.29 is 9.47 Å². The Bertz CT molecular complexity index is 536. The number of aromatic nitrogens is 5. The minimum atomic E-state index is -0.108. The van der Waals surface area contributed by atoms with Gasteiger partial charge in [0.25, 0.3) is 5.95 Å². The zero-order chi connectivity index (χ0) is 14.4. The van der Waals surface area contributed by atoms with Gasteiger partial charge in [-0.25, -0.2) is 4.68 Å². The number of halogens is 1. The van der Waals surface area contributed by atoms with Gasteiger partial charge in [0.15, 0.2) is 0 Å². The lowest BCUT2D eigenvalue weighted by molar-refractivity contribution is 0.0365. The molecule has 0 aliphatic heterocycles. The van der Waals surface area contributed by atoms with Gasteiger partial charge >= 0.3 is 0 Å². The molecule has 0 amide bonds. The fourth-order valence-electron chi connectivity index (χ4n) is 1.51. The van der Waals surface area contributed by atoms with E-state index in [1.54, 1.807) is 32.7 Å².